The molecule has 1 rings (SSSR count). The molecular weight excluding hydrogens is 345 g/mol. The van der Waals surface area contributed by atoms with E-state index in [1.54, 1.807) is 0 Å². The molecule has 14 heavy (non-hydrogen) atoms. The molecule has 0 radical (unpaired) electrons. The minimum Gasteiger partial charge on any atom is -0.222 e. The van der Waals surface area contributed by atoms with Crippen molar-refractivity contribution in [2.24, 2.45) is 7.05 Å². The van der Waals surface area contributed by atoms with Crippen molar-refractivity contribution in [1.29, 1.82) is 0 Å². The molecule has 1 aromatic heterocycles. The number of nitrogens with zero attached hydrogens (tertiary/aromatic N) is 1. The Hall–Kier alpha value is 0.240. The van der Waals surface area contributed by atoms with Crippen LogP contribution in [-0.2, 0) is 7.05 Å². The zero-order valence-electron chi connectivity index (χ0n) is 6.95. The van der Waals surface area contributed by atoms with Crippen LogP contribution in [0.3, 0.4) is 0 Å². The van der Waals surface area contributed by atoms with Crippen molar-refractivity contribution in [3.63, 3.8) is 0 Å². The molecule has 1 heterocycles. The van der Waals surface area contributed by atoms with Gasteiger partial charge in [-0.1, -0.05) is 0 Å². The smallest absolute Gasteiger partial charge is 0.222 e. The van der Waals surface area contributed by atoms with E-state index in [4.69, 9.17) is 18.6 Å². The molecule has 0 saturated carbocycles. The first-order chi connectivity index (χ1) is 6.22. The Morgan fingerprint density at radius 3 is 1.57 bits per heavy atom. The summed E-state index contributed by atoms with van der Waals surface area (Å²) < 4.78 is 38.1. The Morgan fingerprint density at radius 1 is 1.07 bits per heavy atom. The van der Waals surface area contributed by atoms with Gasteiger partial charge in [-0.25, -0.2) is 18.6 Å². The molecule has 80 valence electrons. The fourth-order valence-corrected chi connectivity index (χ4v) is 1.46. The van der Waals surface area contributed by atoms with E-state index in [1.165, 1.54) is 0 Å². The highest BCUT2D eigenvalue weighted by Crippen LogP contribution is 2.07. The maximum atomic E-state index is 8.49. The molecule has 0 saturated heterocycles. The van der Waals surface area contributed by atoms with Crippen LogP contribution >= 0.6 is 31.9 Å². The van der Waals surface area contributed by atoms with Gasteiger partial charge in [0.15, 0.2) is 0 Å². The van der Waals surface area contributed by atoms with Crippen molar-refractivity contribution in [2.45, 2.75) is 0 Å². The van der Waals surface area contributed by atoms with Crippen LogP contribution in [-0.4, -0.2) is 0 Å². The van der Waals surface area contributed by atoms with Gasteiger partial charge in [-0.3, -0.25) is 0 Å². The lowest BCUT2D eigenvalue weighted by Crippen LogP contribution is -2.68. The quantitative estimate of drug-likeness (QED) is 0.375. The van der Waals surface area contributed by atoms with Crippen LogP contribution in [0.2, 0.25) is 0 Å². The highest BCUT2D eigenvalue weighted by molar-refractivity contribution is 9.11. The summed E-state index contributed by atoms with van der Waals surface area (Å²) in [6, 6.07) is 5.96. The maximum Gasteiger partial charge on any atom is 0.248 e. The van der Waals surface area contributed by atoms with Gasteiger partial charge in [0.2, 0.25) is 9.21 Å². The van der Waals surface area contributed by atoms with Gasteiger partial charge in [-0.2, -0.15) is 4.57 Å². The summed E-state index contributed by atoms with van der Waals surface area (Å²) >= 11 is 6.76. The second kappa shape index (κ2) is 5.96. The topological polar surface area (TPSA) is 96.1 Å². The van der Waals surface area contributed by atoms with Crippen molar-refractivity contribution in [1.82, 2.24) is 0 Å². The SMILES string of the molecule is C[n+]1c(Br)cccc1Br.[O-][Cl+3]([O-])([O-])[O-]. The van der Waals surface area contributed by atoms with Gasteiger partial charge in [-0.05, 0) is 6.07 Å². The van der Waals surface area contributed by atoms with E-state index in [-0.39, 0.29) is 0 Å². The van der Waals surface area contributed by atoms with Gasteiger partial charge in [-0.15, -0.1) is 10.2 Å². The number of halogens is 3. The summed E-state index contributed by atoms with van der Waals surface area (Å²) in [5.41, 5.74) is 0. The zero-order chi connectivity index (χ0) is 11.4. The zero-order valence-corrected chi connectivity index (χ0v) is 10.9. The Labute approximate surface area is 99.6 Å². The normalized spacial score (nSPS) is 10.5. The van der Waals surface area contributed by atoms with E-state index in [9.17, 15) is 0 Å². The second-order valence-electron chi connectivity index (χ2n) is 2.11. The monoisotopic (exact) mass is 349 g/mol. The molecule has 0 amide bonds. The van der Waals surface area contributed by atoms with Crippen LogP contribution in [0.15, 0.2) is 27.4 Å². The average molecular weight is 351 g/mol. The van der Waals surface area contributed by atoms with Crippen molar-refractivity contribution in [2.75, 3.05) is 0 Å². The highest BCUT2D eigenvalue weighted by atomic mass is 79.9. The van der Waals surface area contributed by atoms with E-state index < -0.39 is 10.2 Å². The molecule has 0 aliphatic carbocycles. The lowest BCUT2D eigenvalue weighted by Gasteiger charge is -2.17. The predicted octanol–water partition coefficient (Wildman–Crippen LogP) is -2.72. The van der Waals surface area contributed by atoms with E-state index in [2.05, 4.69) is 31.9 Å². The summed E-state index contributed by atoms with van der Waals surface area (Å²) in [4.78, 5) is 0. The Morgan fingerprint density at radius 2 is 1.36 bits per heavy atom. The summed E-state index contributed by atoms with van der Waals surface area (Å²) in [6.45, 7) is 0. The first kappa shape index (κ1) is 14.2. The van der Waals surface area contributed by atoms with Crippen molar-refractivity contribution < 1.29 is 33.4 Å². The molecule has 1 aromatic rings. The number of aromatic nitrogens is 1. The fourth-order valence-electron chi connectivity index (χ4n) is 0.533. The molecule has 8 heteroatoms. The van der Waals surface area contributed by atoms with Gasteiger partial charge < -0.3 is 0 Å². The third kappa shape index (κ3) is 7.63. The maximum absolute atomic E-state index is 8.49. The third-order valence-electron chi connectivity index (χ3n) is 1.11. The van der Waals surface area contributed by atoms with Gasteiger partial charge in [0.05, 0.1) is 0 Å². The first-order valence-corrected chi connectivity index (χ1v) is 5.95. The molecule has 0 aliphatic rings. The lowest BCUT2D eigenvalue weighted by atomic mass is 10.5. The van der Waals surface area contributed by atoms with Crippen LogP contribution in [0.25, 0.3) is 0 Å². The van der Waals surface area contributed by atoms with Crippen LogP contribution in [0.5, 0.6) is 0 Å². The van der Waals surface area contributed by atoms with Crippen molar-refractivity contribution in [3.05, 3.63) is 27.4 Å². The molecule has 5 nitrogen and oxygen atoms in total. The summed E-state index contributed by atoms with van der Waals surface area (Å²) in [5, 5.41) is 0. The van der Waals surface area contributed by atoms with Crippen molar-refractivity contribution >= 4 is 31.9 Å². The van der Waals surface area contributed by atoms with Crippen LogP contribution in [0, 0.1) is 10.2 Å². The van der Waals surface area contributed by atoms with Gasteiger partial charge >= 0.3 is 0 Å². The average Bonchev–Trinajstić information content (AvgIpc) is 1.97. The predicted molar refractivity (Wildman–Crippen MR) is 43.0 cm³/mol. The van der Waals surface area contributed by atoms with E-state index in [0.717, 1.165) is 9.21 Å². The third-order valence-corrected chi connectivity index (χ3v) is 2.70. The molecule has 0 fully saturated rings. The van der Waals surface area contributed by atoms with Crippen molar-refractivity contribution in [3.8, 4) is 0 Å². The molecule has 0 atom stereocenters. The Kier molecular flexibility index (Phi) is 6.06. The summed E-state index contributed by atoms with van der Waals surface area (Å²) in [6.07, 6.45) is 0. The molecule has 0 bridgehead atoms. The number of pyridine rings is 1. The fraction of sp³-hybridized carbons (Fsp3) is 0.167. The minimum atomic E-state index is -4.94. The molecule has 0 aliphatic heterocycles. The largest absolute Gasteiger partial charge is 0.248 e. The van der Waals surface area contributed by atoms with Crippen LogP contribution in [0.4, 0.5) is 0 Å². The van der Waals surface area contributed by atoms with Crippen LogP contribution in [0.1, 0.15) is 0 Å². The standard InChI is InChI=1S/C6H6Br2N.ClHO4/c1-9-5(7)3-2-4-6(9)8;2-1(3,4)5/h2-4H,1H3;(H,2,3,4,5)/q+1;/p-1. The van der Waals surface area contributed by atoms with E-state index >= 15 is 0 Å². The second-order valence-corrected chi connectivity index (χ2v) is 4.49. The van der Waals surface area contributed by atoms with E-state index in [0.29, 0.717) is 0 Å². The summed E-state index contributed by atoms with van der Waals surface area (Å²) in [7, 11) is -2.96. The van der Waals surface area contributed by atoms with Gasteiger partial charge in [0, 0.05) is 44.0 Å². The first-order valence-electron chi connectivity index (χ1n) is 3.13. The minimum absolute atomic E-state index is 1.07. The molecule has 0 unspecified atom stereocenters. The van der Waals surface area contributed by atoms with Gasteiger partial charge in [0.25, 0.3) is 0 Å². The molecular formula is C6H6Br2ClNO4. The number of rotatable bonds is 0. The van der Waals surface area contributed by atoms with E-state index in [1.807, 2.05) is 29.8 Å². The Balaban J connectivity index is 0.000000292. The molecule has 0 aromatic carbocycles. The summed E-state index contributed by atoms with van der Waals surface area (Å²) in [5.74, 6) is 0. The number of hydrogen-bond acceptors (Lipinski definition) is 4. The molecule has 0 spiro atoms. The molecule has 0 N–H and O–H groups in total. The highest BCUT2D eigenvalue weighted by Gasteiger charge is 2.03. The number of hydrogen-bond donors (Lipinski definition) is 0. The van der Waals surface area contributed by atoms with Gasteiger partial charge in [0.1, 0.15) is 7.05 Å². The lowest BCUT2D eigenvalue weighted by molar-refractivity contribution is -2.00. The Bertz CT molecular complexity index is 278. The van der Waals surface area contributed by atoms with Crippen LogP contribution < -0.4 is 23.2 Å².